The molecule has 7 heteroatoms. The highest BCUT2D eigenvalue weighted by atomic mass is 32.2. The van der Waals surface area contributed by atoms with Crippen LogP contribution < -0.4 is 0 Å². The molecule has 0 N–H and O–H groups in total. The van der Waals surface area contributed by atoms with Crippen LogP contribution in [0, 0.1) is 5.82 Å². The minimum absolute atomic E-state index is 0.235. The molecule has 1 fully saturated rings. The standard InChI is InChI=1S/C23H28FN3O2S/c1-17(2)18-4-7-21(8-5-18)30(28,29)27-16-19(15-26-12-10-25(3)11-13-26)22-14-20(24)6-9-23(22)27/h4-9,14,16-17H,10-13,15H2,1-3H3. The fourth-order valence-corrected chi connectivity index (χ4v) is 5.34. The number of aromatic nitrogens is 1. The van der Waals surface area contributed by atoms with E-state index in [1.165, 1.54) is 16.1 Å². The van der Waals surface area contributed by atoms with Crippen LogP contribution in [-0.2, 0) is 16.6 Å². The molecule has 160 valence electrons. The fraction of sp³-hybridized carbons (Fsp3) is 0.391. The molecular formula is C23H28FN3O2S. The smallest absolute Gasteiger partial charge is 0.268 e. The number of piperazine rings is 1. The molecule has 1 saturated heterocycles. The van der Waals surface area contributed by atoms with Gasteiger partial charge in [0.05, 0.1) is 10.4 Å². The average Bonchev–Trinajstić information content (AvgIpc) is 3.08. The fourth-order valence-electron chi connectivity index (χ4n) is 3.95. The molecule has 1 aliphatic rings. The van der Waals surface area contributed by atoms with E-state index < -0.39 is 10.0 Å². The molecule has 0 unspecified atom stereocenters. The van der Waals surface area contributed by atoms with E-state index in [0.717, 1.165) is 37.3 Å². The Morgan fingerprint density at radius 3 is 2.30 bits per heavy atom. The quantitative estimate of drug-likeness (QED) is 0.617. The number of fused-ring (bicyclic) bond motifs is 1. The first-order chi connectivity index (χ1) is 14.3. The Hall–Kier alpha value is -2.22. The molecule has 30 heavy (non-hydrogen) atoms. The Morgan fingerprint density at radius 1 is 1.00 bits per heavy atom. The summed E-state index contributed by atoms with van der Waals surface area (Å²) in [4.78, 5) is 4.79. The molecule has 4 rings (SSSR count). The van der Waals surface area contributed by atoms with E-state index in [1.807, 2.05) is 12.1 Å². The maximum absolute atomic E-state index is 14.0. The number of hydrogen-bond acceptors (Lipinski definition) is 4. The highest BCUT2D eigenvalue weighted by Gasteiger charge is 2.23. The highest BCUT2D eigenvalue weighted by molar-refractivity contribution is 7.90. The van der Waals surface area contributed by atoms with Gasteiger partial charge in [-0.1, -0.05) is 26.0 Å². The van der Waals surface area contributed by atoms with Gasteiger partial charge in [-0.25, -0.2) is 16.8 Å². The number of hydrogen-bond donors (Lipinski definition) is 0. The lowest BCUT2D eigenvalue weighted by Crippen LogP contribution is -2.43. The van der Waals surface area contributed by atoms with Crippen molar-refractivity contribution in [1.29, 1.82) is 0 Å². The first-order valence-electron chi connectivity index (χ1n) is 10.3. The molecule has 0 spiro atoms. The van der Waals surface area contributed by atoms with E-state index in [-0.39, 0.29) is 10.7 Å². The van der Waals surface area contributed by atoms with E-state index in [1.54, 1.807) is 24.4 Å². The van der Waals surface area contributed by atoms with Crippen LogP contribution in [0.2, 0.25) is 0 Å². The maximum atomic E-state index is 14.0. The summed E-state index contributed by atoms with van der Waals surface area (Å²) >= 11 is 0. The summed E-state index contributed by atoms with van der Waals surface area (Å²) < 4.78 is 42.1. The van der Waals surface area contributed by atoms with Crippen LogP contribution in [-0.4, -0.2) is 55.4 Å². The van der Waals surface area contributed by atoms with Gasteiger partial charge < -0.3 is 4.90 Å². The molecular weight excluding hydrogens is 401 g/mol. The normalized spacial score (nSPS) is 16.6. The van der Waals surface area contributed by atoms with Gasteiger partial charge >= 0.3 is 0 Å². The zero-order valence-electron chi connectivity index (χ0n) is 17.7. The van der Waals surface area contributed by atoms with E-state index in [4.69, 9.17) is 0 Å². The maximum Gasteiger partial charge on any atom is 0.268 e. The van der Waals surface area contributed by atoms with Crippen molar-refractivity contribution in [2.24, 2.45) is 0 Å². The van der Waals surface area contributed by atoms with E-state index in [9.17, 15) is 12.8 Å². The van der Waals surface area contributed by atoms with E-state index in [0.29, 0.717) is 23.4 Å². The molecule has 0 radical (unpaired) electrons. The van der Waals surface area contributed by atoms with Crippen LogP contribution in [0.25, 0.3) is 10.9 Å². The Balaban J connectivity index is 1.75. The lowest BCUT2D eigenvalue weighted by atomic mass is 10.0. The summed E-state index contributed by atoms with van der Waals surface area (Å²) in [5.74, 6) is -0.0362. The van der Waals surface area contributed by atoms with Gasteiger partial charge in [0, 0.05) is 44.3 Å². The number of benzene rings is 2. The molecule has 0 bridgehead atoms. The third-order valence-corrected chi connectivity index (χ3v) is 7.60. The third kappa shape index (κ3) is 4.02. The summed E-state index contributed by atoms with van der Waals surface area (Å²) in [6.45, 7) is 8.48. The second-order valence-corrected chi connectivity index (χ2v) is 10.2. The van der Waals surface area contributed by atoms with Crippen molar-refractivity contribution in [2.45, 2.75) is 31.2 Å². The van der Waals surface area contributed by atoms with Crippen LogP contribution in [0.5, 0.6) is 0 Å². The Kier molecular flexibility index (Phi) is 5.70. The van der Waals surface area contributed by atoms with Gasteiger partial charge in [-0.15, -0.1) is 0 Å². The predicted molar refractivity (Wildman–Crippen MR) is 118 cm³/mol. The van der Waals surface area contributed by atoms with Crippen LogP contribution in [0.3, 0.4) is 0 Å². The highest BCUT2D eigenvalue weighted by Crippen LogP contribution is 2.28. The second kappa shape index (κ2) is 8.13. The number of nitrogens with zero attached hydrogens (tertiary/aromatic N) is 3. The topological polar surface area (TPSA) is 45.6 Å². The summed E-state index contributed by atoms with van der Waals surface area (Å²) in [6.07, 6.45) is 1.66. The zero-order chi connectivity index (χ0) is 21.5. The summed E-state index contributed by atoms with van der Waals surface area (Å²) in [5, 5.41) is 0.649. The van der Waals surface area contributed by atoms with Gasteiger partial charge in [0.25, 0.3) is 10.0 Å². The molecule has 1 aromatic heterocycles. The molecule has 0 saturated carbocycles. The number of likely N-dealkylation sites (N-methyl/N-ethyl adjacent to an activating group) is 1. The van der Waals surface area contributed by atoms with Crippen molar-refractivity contribution < 1.29 is 12.8 Å². The predicted octanol–water partition coefficient (Wildman–Crippen LogP) is 3.89. The van der Waals surface area contributed by atoms with Gasteiger partial charge in [0.1, 0.15) is 5.82 Å². The monoisotopic (exact) mass is 429 g/mol. The summed E-state index contributed by atoms with van der Waals surface area (Å²) in [7, 11) is -1.69. The minimum atomic E-state index is -3.78. The minimum Gasteiger partial charge on any atom is -0.304 e. The van der Waals surface area contributed by atoms with Crippen molar-refractivity contribution >= 4 is 20.9 Å². The van der Waals surface area contributed by atoms with Gasteiger partial charge in [-0.2, -0.15) is 0 Å². The van der Waals surface area contributed by atoms with Crippen molar-refractivity contribution in [3.8, 4) is 0 Å². The second-order valence-electron chi connectivity index (χ2n) is 8.42. The molecule has 0 atom stereocenters. The lowest BCUT2D eigenvalue weighted by Gasteiger charge is -2.32. The van der Waals surface area contributed by atoms with Crippen molar-refractivity contribution in [2.75, 3.05) is 33.2 Å². The van der Waals surface area contributed by atoms with Gasteiger partial charge in [-0.3, -0.25) is 4.90 Å². The van der Waals surface area contributed by atoms with Crippen molar-refractivity contribution in [1.82, 2.24) is 13.8 Å². The number of rotatable bonds is 5. The van der Waals surface area contributed by atoms with Gasteiger partial charge in [0.2, 0.25) is 0 Å². The Labute approximate surface area is 177 Å². The van der Waals surface area contributed by atoms with Gasteiger partial charge in [-0.05, 0) is 54.4 Å². The zero-order valence-corrected chi connectivity index (χ0v) is 18.5. The van der Waals surface area contributed by atoms with E-state index in [2.05, 4.69) is 30.7 Å². The van der Waals surface area contributed by atoms with E-state index >= 15 is 0 Å². The SMILES string of the molecule is CC(C)c1ccc(S(=O)(=O)n2cc(CN3CCN(C)CC3)c3cc(F)ccc32)cc1. The Bertz CT molecular complexity index is 1150. The number of halogens is 1. The summed E-state index contributed by atoms with van der Waals surface area (Å²) in [6, 6.07) is 11.3. The lowest BCUT2D eigenvalue weighted by molar-refractivity contribution is 0.148. The van der Waals surface area contributed by atoms with Crippen LogP contribution in [0.15, 0.2) is 53.6 Å². The molecule has 0 aliphatic carbocycles. The molecule has 2 heterocycles. The first-order valence-corrected chi connectivity index (χ1v) is 11.8. The van der Waals surface area contributed by atoms with Gasteiger partial charge in [0.15, 0.2) is 0 Å². The molecule has 0 amide bonds. The third-order valence-electron chi connectivity index (χ3n) is 5.91. The van der Waals surface area contributed by atoms with Crippen molar-refractivity contribution in [3.05, 3.63) is 65.6 Å². The molecule has 1 aliphatic heterocycles. The first kappa shape index (κ1) is 21.0. The summed E-state index contributed by atoms with van der Waals surface area (Å²) in [5.41, 5.74) is 2.43. The molecule has 5 nitrogen and oxygen atoms in total. The van der Waals surface area contributed by atoms with Crippen LogP contribution in [0.1, 0.15) is 30.9 Å². The van der Waals surface area contributed by atoms with Crippen molar-refractivity contribution in [3.63, 3.8) is 0 Å². The largest absolute Gasteiger partial charge is 0.304 e. The molecule has 2 aromatic carbocycles. The average molecular weight is 430 g/mol. The van der Waals surface area contributed by atoms with Crippen LogP contribution in [0.4, 0.5) is 4.39 Å². The Morgan fingerprint density at radius 2 is 1.67 bits per heavy atom. The molecule has 3 aromatic rings. The van der Waals surface area contributed by atoms with Crippen LogP contribution >= 0.6 is 0 Å².